The van der Waals surface area contributed by atoms with Crippen LogP contribution in [0.3, 0.4) is 0 Å². The fourth-order valence-electron chi connectivity index (χ4n) is 2.21. The molecule has 0 radical (unpaired) electrons. The number of benzene rings is 1. The summed E-state index contributed by atoms with van der Waals surface area (Å²) >= 11 is 2.33. The van der Waals surface area contributed by atoms with Crippen LogP contribution in [0.5, 0.6) is 0 Å². The van der Waals surface area contributed by atoms with E-state index in [1.165, 1.54) is 28.0 Å². The van der Waals surface area contributed by atoms with E-state index in [-0.39, 0.29) is 11.4 Å². The number of rotatable bonds is 4. The van der Waals surface area contributed by atoms with Crippen molar-refractivity contribution in [3.63, 3.8) is 0 Å². The second kappa shape index (κ2) is 6.37. The van der Waals surface area contributed by atoms with Crippen molar-refractivity contribution in [3.8, 4) is 11.1 Å². The van der Waals surface area contributed by atoms with Gasteiger partial charge in [-0.15, -0.1) is 11.3 Å². The van der Waals surface area contributed by atoms with Gasteiger partial charge in [0.1, 0.15) is 15.9 Å². The highest BCUT2D eigenvalue weighted by Crippen LogP contribution is 2.32. The monoisotopic (exact) mass is 364 g/mol. The van der Waals surface area contributed by atoms with Crippen LogP contribution >= 0.6 is 23.1 Å². The maximum Gasteiger partial charge on any atom is 0.316 e. The zero-order valence-corrected chi connectivity index (χ0v) is 14.4. The SMILES string of the molecule is CC(Sc1nc2scc(-c3ccc(F)cc3)c2c(=O)n1C)C(=O)O. The van der Waals surface area contributed by atoms with E-state index in [4.69, 9.17) is 5.11 Å². The van der Waals surface area contributed by atoms with Crippen molar-refractivity contribution in [2.45, 2.75) is 17.3 Å². The number of hydrogen-bond acceptors (Lipinski definition) is 5. The highest BCUT2D eigenvalue weighted by molar-refractivity contribution is 8.00. The third kappa shape index (κ3) is 2.94. The van der Waals surface area contributed by atoms with Gasteiger partial charge in [0.2, 0.25) is 0 Å². The van der Waals surface area contributed by atoms with Crippen molar-refractivity contribution < 1.29 is 14.3 Å². The van der Waals surface area contributed by atoms with Gasteiger partial charge in [-0.2, -0.15) is 0 Å². The maximum atomic E-state index is 13.1. The predicted molar refractivity (Wildman–Crippen MR) is 93.2 cm³/mol. The summed E-state index contributed by atoms with van der Waals surface area (Å²) in [6.07, 6.45) is 0. The Hall–Kier alpha value is -2.19. The molecule has 0 amide bonds. The number of thiophene rings is 1. The van der Waals surface area contributed by atoms with Gasteiger partial charge in [-0.25, -0.2) is 9.37 Å². The molecule has 8 heteroatoms. The highest BCUT2D eigenvalue weighted by Gasteiger charge is 2.19. The Balaban J connectivity index is 2.14. The standard InChI is InChI=1S/C16H13FN2O3S2/c1-8(15(21)22)24-16-18-13-12(14(20)19(16)2)11(7-23-13)9-3-5-10(17)6-4-9/h3-8H,1-2H3,(H,21,22). The van der Waals surface area contributed by atoms with Gasteiger partial charge in [0.15, 0.2) is 5.16 Å². The van der Waals surface area contributed by atoms with Crippen molar-refractivity contribution in [1.82, 2.24) is 9.55 Å². The van der Waals surface area contributed by atoms with Crippen LogP contribution in [-0.2, 0) is 11.8 Å². The van der Waals surface area contributed by atoms with Crippen LogP contribution < -0.4 is 5.56 Å². The van der Waals surface area contributed by atoms with E-state index in [1.807, 2.05) is 0 Å². The van der Waals surface area contributed by atoms with Gasteiger partial charge in [-0.05, 0) is 24.6 Å². The van der Waals surface area contributed by atoms with E-state index in [2.05, 4.69) is 4.98 Å². The molecule has 0 saturated heterocycles. The molecule has 1 atom stereocenters. The molecule has 0 bridgehead atoms. The van der Waals surface area contributed by atoms with Gasteiger partial charge in [0, 0.05) is 18.0 Å². The molecule has 0 aliphatic carbocycles. The van der Waals surface area contributed by atoms with E-state index in [1.54, 1.807) is 31.5 Å². The largest absolute Gasteiger partial charge is 0.480 e. The molecule has 3 rings (SSSR count). The summed E-state index contributed by atoms with van der Waals surface area (Å²) in [6, 6.07) is 5.92. The van der Waals surface area contributed by atoms with E-state index >= 15 is 0 Å². The predicted octanol–water partition coefficient (Wildman–Crippen LogP) is 3.37. The summed E-state index contributed by atoms with van der Waals surface area (Å²) in [5.41, 5.74) is 1.19. The summed E-state index contributed by atoms with van der Waals surface area (Å²) in [7, 11) is 1.57. The molecule has 0 fully saturated rings. The zero-order valence-electron chi connectivity index (χ0n) is 12.8. The Kier molecular flexibility index (Phi) is 4.42. The molecule has 3 aromatic rings. The summed E-state index contributed by atoms with van der Waals surface area (Å²) in [5, 5.41) is 10.9. The lowest BCUT2D eigenvalue weighted by Gasteiger charge is -2.10. The minimum Gasteiger partial charge on any atom is -0.480 e. The molecule has 1 N–H and O–H groups in total. The molecular weight excluding hydrogens is 351 g/mol. The van der Waals surface area contributed by atoms with Crippen molar-refractivity contribution in [2.75, 3.05) is 0 Å². The Morgan fingerprint density at radius 1 is 1.38 bits per heavy atom. The number of aliphatic carboxylic acids is 1. The van der Waals surface area contributed by atoms with Gasteiger partial charge in [0.05, 0.1) is 5.39 Å². The molecule has 0 spiro atoms. The molecule has 24 heavy (non-hydrogen) atoms. The molecule has 0 saturated carbocycles. The Morgan fingerprint density at radius 2 is 2.04 bits per heavy atom. The van der Waals surface area contributed by atoms with Crippen LogP contribution in [0.1, 0.15) is 6.92 Å². The second-order valence-corrected chi connectivity index (χ2v) is 7.36. The third-order valence-corrected chi connectivity index (χ3v) is 5.56. The van der Waals surface area contributed by atoms with Crippen LogP contribution in [0.2, 0.25) is 0 Å². The molecule has 1 unspecified atom stereocenters. The first-order valence-corrected chi connectivity index (χ1v) is 8.78. The minimum atomic E-state index is -0.965. The zero-order chi connectivity index (χ0) is 17.4. The first-order valence-electron chi connectivity index (χ1n) is 7.02. The number of nitrogens with zero attached hydrogens (tertiary/aromatic N) is 2. The van der Waals surface area contributed by atoms with E-state index in [0.29, 0.717) is 20.9 Å². The number of carboxylic acids is 1. The minimum absolute atomic E-state index is 0.249. The number of fused-ring (bicyclic) bond motifs is 1. The number of aromatic nitrogens is 2. The summed E-state index contributed by atoms with van der Waals surface area (Å²) in [4.78, 5) is 28.7. The maximum absolute atomic E-state index is 13.1. The lowest BCUT2D eigenvalue weighted by molar-refractivity contribution is -0.136. The lowest BCUT2D eigenvalue weighted by Crippen LogP contribution is -2.22. The van der Waals surface area contributed by atoms with Crippen LogP contribution in [0, 0.1) is 5.82 Å². The molecule has 2 heterocycles. The topological polar surface area (TPSA) is 72.2 Å². The Labute approximate surface area is 144 Å². The van der Waals surface area contributed by atoms with Crippen molar-refractivity contribution in [1.29, 1.82) is 0 Å². The second-order valence-electron chi connectivity index (χ2n) is 5.19. The fourth-order valence-corrected chi connectivity index (χ4v) is 4.01. The average molecular weight is 364 g/mol. The van der Waals surface area contributed by atoms with Crippen LogP contribution in [0.15, 0.2) is 39.6 Å². The molecule has 124 valence electrons. The van der Waals surface area contributed by atoms with E-state index < -0.39 is 11.2 Å². The molecule has 1 aromatic carbocycles. The Morgan fingerprint density at radius 3 is 2.67 bits per heavy atom. The lowest BCUT2D eigenvalue weighted by atomic mass is 10.1. The molecule has 0 aliphatic rings. The number of halogens is 1. The molecule has 0 aliphatic heterocycles. The quantitative estimate of drug-likeness (QED) is 0.568. The van der Waals surface area contributed by atoms with E-state index in [9.17, 15) is 14.0 Å². The highest BCUT2D eigenvalue weighted by atomic mass is 32.2. The van der Waals surface area contributed by atoms with Gasteiger partial charge < -0.3 is 5.11 Å². The van der Waals surface area contributed by atoms with E-state index in [0.717, 1.165) is 17.3 Å². The molecule has 5 nitrogen and oxygen atoms in total. The summed E-state index contributed by atoms with van der Waals surface area (Å²) < 4.78 is 14.5. The van der Waals surface area contributed by atoms with Crippen molar-refractivity contribution in [3.05, 3.63) is 45.8 Å². The first-order chi connectivity index (χ1) is 11.4. The van der Waals surface area contributed by atoms with Crippen LogP contribution in [-0.4, -0.2) is 25.9 Å². The molecular formula is C16H13FN2O3S2. The summed E-state index contributed by atoms with van der Waals surface area (Å²) in [6.45, 7) is 1.54. The average Bonchev–Trinajstić information content (AvgIpc) is 2.96. The Bertz CT molecular complexity index is 979. The van der Waals surface area contributed by atoms with Gasteiger partial charge >= 0.3 is 5.97 Å². The summed E-state index contributed by atoms with van der Waals surface area (Å²) in [5.74, 6) is -1.31. The number of thioether (sulfide) groups is 1. The normalized spacial score (nSPS) is 12.5. The van der Waals surface area contributed by atoms with Crippen molar-refractivity contribution in [2.24, 2.45) is 7.05 Å². The van der Waals surface area contributed by atoms with Gasteiger partial charge in [-0.1, -0.05) is 23.9 Å². The van der Waals surface area contributed by atoms with Crippen LogP contribution in [0.25, 0.3) is 21.3 Å². The van der Waals surface area contributed by atoms with Crippen molar-refractivity contribution >= 4 is 39.3 Å². The van der Waals surface area contributed by atoms with Gasteiger partial charge in [0.25, 0.3) is 5.56 Å². The third-order valence-electron chi connectivity index (χ3n) is 3.56. The molecule has 2 aromatic heterocycles. The van der Waals surface area contributed by atoms with Gasteiger partial charge in [-0.3, -0.25) is 14.2 Å². The number of carboxylic acid groups (broad SMARTS) is 1. The first kappa shape index (κ1) is 16.7. The fraction of sp³-hybridized carbons (Fsp3) is 0.188. The number of carbonyl (C=O) groups is 1. The smallest absolute Gasteiger partial charge is 0.316 e. The van der Waals surface area contributed by atoms with Crippen LogP contribution in [0.4, 0.5) is 4.39 Å². The number of hydrogen-bond donors (Lipinski definition) is 1.